The summed E-state index contributed by atoms with van der Waals surface area (Å²) in [6, 6.07) is 7.09. The smallest absolute Gasteiger partial charge is 0.241 e. The molecule has 0 aliphatic heterocycles. The molecule has 0 fully saturated rings. The molecule has 1 heterocycles. The summed E-state index contributed by atoms with van der Waals surface area (Å²) in [5.74, 6) is 0. The first-order valence-corrected chi connectivity index (χ1v) is 8.65. The molecular formula is C15H21N3O2S. The second-order valence-corrected chi connectivity index (χ2v) is 6.45. The number of likely N-dealkylation sites (N-methyl/N-ethyl adjacent to an activating group) is 1. The number of rotatable bonds is 7. The average Bonchev–Trinajstić information content (AvgIpc) is 2.47. The topological polar surface area (TPSA) is 71.1 Å². The summed E-state index contributed by atoms with van der Waals surface area (Å²) in [5, 5.41) is 4.88. The van der Waals surface area contributed by atoms with E-state index in [-0.39, 0.29) is 0 Å². The van der Waals surface area contributed by atoms with E-state index in [9.17, 15) is 8.42 Å². The summed E-state index contributed by atoms with van der Waals surface area (Å²) >= 11 is 0. The first-order valence-electron chi connectivity index (χ1n) is 7.17. The van der Waals surface area contributed by atoms with Crippen molar-refractivity contribution in [1.29, 1.82) is 0 Å². The van der Waals surface area contributed by atoms with Crippen LogP contribution in [0.15, 0.2) is 35.4 Å². The zero-order chi connectivity index (χ0) is 15.3. The number of nitrogens with zero attached hydrogens (tertiary/aromatic N) is 1. The third-order valence-electron chi connectivity index (χ3n) is 3.26. The number of fused-ring (bicyclic) bond motifs is 1. The fourth-order valence-electron chi connectivity index (χ4n) is 2.32. The van der Waals surface area contributed by atoms with Crippen molar-refractivity contribution in [3.8, 4) is 0 Å². The van der Waals surface area contributed by atoms with E-state index < -0.39 is 10.0 Å². The van der Waals surface area contributed by atoms with Crippen molar-refractivity contribution < 1.29 is 8.42 Å². The van der Waals surface area contributed by atoms with E-state index in [0.29, 0.717) is 11.4 Å². The SMILES string of the molecule is CCNCCc1nccc2c(S(=O)(=O)NCC)cccc12. The fraction of sp³-hybridized carbons (Fsp3) is 0.400. The predicted molar refractivity (Wildman–Crippen MR) is 84.9 cm³/mol. The van der Waals surface area contributed by atoms with Crippen LogP contribution in [0.4, 0.5) is 0 Å². The standard InChI is InChI=1S/C15H21N3O2S/c1-3-16-10-9-14-12-6-5-7-15(13(12)8-11-17-14)21(19,20)18-4-2/h5-8,11,16,18H,3-4,9-10H2,1-2H3. The molecule has 21 heavy (non-hydrogen) atoms. The molecule has 5 nitrogen and oxygen atoms in total. The molecular weight excluding hydrogens is 286 g/mol. The predicted octanol–water partition coefficient (Wildman–Crippen LogP) is 1.68. The van der Waals surface area contributed by atoms with E-state index in [1.165, 1.54) is 0 Å². The lowest BCUT2D eigenvalue weighted by molar-refractivity contribution is 0.585. The van der Waals surface area contributed by atoms with Gasteiger partial charge in [-0.3, -0.25) is 4.98 Å². The summed E-state index contributed by atoms with van der Waals surface area (Å²) in [5.41, 5.74) is 0.919. The van der Waals surface area contributed by atoms with Crippen molar-refractivity contribution in [2.45, 2.75) is 25.2 Å². The molecule has 0 bridgehead atoms. The van der Waals surface area contributed by atoms with Crippen LogP contribution in [0.25, 0.3) is 10.8 Å². The third kappa shape index (κ3) is 3.58. The van der Waals surface area contributed by atoms with Crippen LogP contribution in [-0.2, 0) is 16.4 Å². The van der Waals surface area contributed by atoms with Gasteiger partial charge in [-0.05, 0) is 18.7 Å². The van der Waals surface area contributed by atoms with Gasteiger partial charge in [-0.25, -0.2) is 13.1 Å². The maximum Gasteiger partial charge on any atom is 0.241 e. The molecule has 1 aromatic carbocycles. The van der Waals surface area contributed by atoms with Gasteiger partial charge >= 0.3 is 0 Å². The monoisotopic (exact) mass is 307 g/mol. The van der Waals surface area contributed by atoms with Gasteiger partial charge in [-0.1, -0.05) is 26.0 Å². The zero-order valence-corrected chi connectivity index (χ0v) is 13.2. The highest BCUT2D eigenvalue weighted by Gasteiger charge is 2.17. The maximum atomic E-state index is 12.3. The van der Waals surface area contributed by atoms with Gasteiger partial charge in [0.15, 0.2) is 0 Å². The highest BCUT2D eigenvalue weighted by molar-refractivity contribution is 7.89. The van der Waals surface area contributed by atoms with Gasteiger partial charge in [-0.2, -0.15) is 0 Å². The summed E-state index contributed by atoms with van der Waals surface area (Å²) in [4.78, 5) is 4.71. The van der Waals surface area contributed by atoms with Crippen molar-refractivity contribution in [2.24, 2.45) is 0 Å². The molecule has 6 heteroatoms. The quantitative estimate of drug-likeness (QED) is 0.764. The molecule has 2 N–H and O–H groups in total. The van der Waals surface area contributed by atoms with Gasteiger partial charge in [0.1, 0.15) is 0 Å². The molecule has 0 atom stereocenters. The summed E-state index contributed by atoms with van der Waals surface area (Å²) in [6.07, 6.45) is 2.45. The lowest BCUT2D eigenvalue weighted by Crippen LogP contribution is -2.23. The van der Waals surface area contributed by atoms with E-state index in [1.54, 1.807) is 31.3 Å². The second-order valence-electron chi connectivity index (χ2n) is 4.71. The summed E-state index contributed by atoms with van der Waals surface area (Å²) < 4.78 is 27.1. The van der Waals surface area contributed by atoms with Crippen LogP contribution >= 0.6 is 0 Å². The molecule has 0 radical (unpaired) electrons. The van der Waals surface area contributed by atoms with E-state index in [1.807, 2.05) is 6.07 Å². The van der Waals surface area contributed by atoms with Crippen molar-refractivity contribution in [1.82, 2.24) is 15.0 Å². The van der Waals surface area contributed by atoms with Crippen LogP contribution in [0.5, 0.6) is 0 Å². The first kappa shape index (κ1) is 15.9. The Labute approximate surface area is 125 Å². The highest BCUT2D eigenvalue weighted by atomic mass is 32.2. The lowest BCUT2D eigenvalue weighted by Gasteiger charge is -2.11. The van der Waals surface area contributed by atoms with Crippen LogP contribution < -0.4 is 10.0 Å². The maximum absolute atomic E-state index is 12.3. The molecule has 0 spiro atoms. The molecule has 2 rings (SSSR count). The molecule has 0 saturated carbocycles. The molecule has 0 saturated heterocycles. The molecule has 114 valence electrons. The lowest BCUT2D eigenvalue weighted by atomic mass is 10.1. The first-order chi connectivity index (χ1) is 10.1. The Bertz CT molecular complexity index is 714. The minimum Gasteiger partial charge on any atom is -0.317 e. The Morgan fingerprint density at radius 3 is 2.62 bits per heavy atom. The van der Waals surface area contributed by atoms with Crippen LogP contribution in [0.3, 0.4) is 0 Å². The van der Waals surface area contributed by atoms with Gasteiger partial charge in [0.05, 0.1) is 4.90 Å². The summed E-state index contributed by atoms with van der Waals surface area (Å²) in [6.45, 7) is 5.93. The van der Waals surface area contributed by atoms with Crippen LogP contribution in [0.1, 0.15) is 19.5 Å². The van der Waals surface area contributed by atoms with E-state index in [2.05, 4.69) is 21.9 Å². The van der Waals surface area contributed by atoms with Gasteiger partial charge in [0.2, 0.25) is 10.0 Å². The van der Waals surface area contributed by atoms with E-state index >= 15 is 0 Å². The number of hydrogen-bond donors (Lipinski definition) is 2. The van der Waals surface area contributed by atoms with E-state index in [0.717, 1.165) is 36.0 Å². The highest BCUT2D eigenvalue weighted by Crippen LogP contribution is 2.24. The number of hydrogen-bond acceptors (Lipinski definition) is 4. The number of benzene rings is 1. The van der Waals surface area contributed by atoms with Crippen LogP contribution in [0, 0.1) is 0 Å². The average molecular weight is 307 g/mol. The van der Waals surface area contributed by atoms with E-state index in [4.69, 9.17) is 0 Å². The van der Waals surface area contributed by atoms with Crippen molar-refractivity contribution in [3.63, 3.8) is 0 Å². The Hall–Kier alpha value is -1.50. The largest absolute Gasteiger partial charge is 0.317 e. The number of pyridine rings is 1. The Balaban J connectivity index is 2.49. The molecule has 1 aromatic heterocycles. The second kappa shape index (κ2) is 6.98. The van der Waals surface area contributed by atoms with Crippen molar-refractivity contribution >= 4 is 20.8 Å². The molecule has 0 aliphatic carbocycles. The van der Waals surface area contributed by atoms with Gasteiger partial charge < -0.3 is 5.32 Å². The van der Waals surface area contributed by atoms with Crippen LogP contribution in [0.2, 0.25) is 0 Å². The van der Waals surface area contributed by atoms with Crippen molar-refractivity contribution in [3.05, 3.63) is 36.2 Å². The molecule has 0 aliphatic rings. The molecule has 0 amide bonds. The van der Waals surface area contributed by atoms with Crippen LogP contribution in [-0.4, -0.2) is 33.0 Å². The van der Waals surface area contributed by atoms with Gasteiger partial charge in [-0.15, -0.1) is 0 Å². The van der Waals surface area contributed by atoms with Crippen molar-refractivity contribution in [2.75, 3.05) is 19.6 Å². The normalized spacial score (nSPS) is 11.9. The Morgan fingerprint density at radius 2 is 1.90 bits per heavy atom. The minimum atomic E-state index is -3.47. The Kier molecular flexibility index (Phi) is 5.27. The fourth-order valence-corrected chi connectivity index (χ4v) is 3.58. The summed E-state index contributed by atoms with van der Waals surface area (Å²) in [7, 11) is -3.47. The van der Waals surface area contributed by atoms with Gasteiger partial charge in [0, 0.05) is 42.2 Å². The Morgan fingerprint density at radius 1 is 1.10 bits per heavy atom. The minimum absolute atomic E-state index is 0.314. The molecule has 2 aromatic rings. The zero-order valence-electron chi connectivity index (χ0n) is 12.4. The number of aromatic nitrogens is 1. The molecule has 0 unspecified atom stereocenters. The number of nitrogens with one attached hydrogen (secondary N) is 2. The third-order valence-corrected chi connectivity index (χ3v) is 4.86. The van der Waals surface area contributed by atoms with Gasteiger partial charge in [0.25, 0.3) is 0 Å². The number of sulfonamides is 1.